The predicted octanol–water partition coefficient (Wildman–Crippen LogP) is 7.76. The first-order valence-corrected chi connectivity index (χ1v) is 15.8. The van der Waals surface area contributed by atoms with Gasteiger partial charge in [0.15, 0.2) is 0 Å². The highest BCUT2D eigenvalue weighted by molar-refractivity contribution is 7.80. The molecule has 3 rings (SSSR count). The Morgan fingerprint density at radius 3 is 2.23 bits per heavy atom. The van der Waals surface area contributed by atoms with Crippen LogP contribution in [-0.4, -0.2) is 46.7 Å². The number of carbonyl (C=O) groups excluding carboxylic acids is 3. The molecular formula is C35H47N3O4S. The second kappa shape index (κ2) is 15.8. The number of alkyl carbamates (subject to hydrolysis) is 1. The third-order valence-electron chi connectivity index (χ3n) is 7.38. The minimum Gasteiger partial charge on any atom is -0.444 e. The molecule has 3 aromatic carbocycles. The van der Waals surface area contributed by atoms with Crippen molar-refractivity contribution in [3.63, 3.8) is 0 Å². The van der Waals surface area contributed by atoms with Gasteiger partial charge in [-0.3, -0.25) is 9.59 Å². The number of anilines is 1. The number of carbonyl (C=O) groups is 3. The van der Waals surface area contributed by atoms with Crippen molar-refractivity contribution in [2.24, 2.45) is 0 Å². The van der Waals surface area contributed by atoms with Gasteiger partial charge >= 0.3 is 6.09 Å². The fraction of sp³-hybridized carbons (Fsp3) is 0.457. The minimum absolute atomic E-state index is 0.0519. The molecule has 0 aliphatic heterocycles. The Hall–Kier alpha value is -3.52. The number of thiol groups is 1. The molecule has 43 heavy (non-hydrogen) atoms. The molecule has 7 nitrogen and oxygen atoms in total. The minimum atomic E-state index is -0.976. The highest BCUT2D eigenvalue weighted by Crippen LogP contribution is 2.28. The summed E-state index contributed by atoms with van der Waals surface area (Å²) < 4.78 is 5.43. The molecule has 8 heteroatoms. The lowest BCUT2D eigenvalue weighted by molar-refractivity contribution is -0.140. The summed E-state index contributed by atoms with van der Waals surface area (Å²) in [7, 11) is 0. The summed E-state index contributed by atoms with van der Waals surface area (Å²) in [6.45, 7) is 11.8. The molecular weight excluding hydrogens is 558 g/mol. The van der Waals surface area contributed by atoms with Gasteiger partial charge in [0.25, 0.3) is 5.91 Å². The Kier molecular flexibility index (Phi) is 12.5. The van der Waals surface area contributed by atoms with Gasteiger partial charge in [-0.1, -0.05) is 81.1 Å². The van der Waals surface area contributed by atoms with Crippen molar-refractivity contribution >= 4 is 47.0 Å². The molecule has 3 aromatic rings. The van der Waals surface area contributed by atoms with E-state index >= 15 is 0 Å². The van der Waals surface area contributed by atoms with Gasteiger partial charge in [0, 0.05) is 18.0 Å². The van der Waals surface area contributed by atoms with Crippen LogP contribution in [0.15, 0.2) is 60.7 Å². The number of hydrogen-bond acceptors (Lipinski definition) is 5. The maximum atomic E-state index is 14.2. The third kappa shape index (κ3) is 10.0. The number of hydrogen-bond donors (Lipinski definition) is 3. The van der Waals surface area contributed by atoms with Crippen LogP contribution in [0, 0.1) is 13.8 Å². The lowest BCUT2D eigenvalue weighted by Gasteiger charge is -2.34. The molecule has 0 saturated carbocycles. The number of nitrogens with zero attached hydrogens (tertiary/aromatic N) is 1. The lowest BCUT2D eigenvalue weighted by atomic mass is 9.98. The second-order valence-electron chi connectivity index (χ2n) is 12.1. The summed E-state index contributed by atoms with van der Waals surface area (Å²) in [6, 6.07) is 17.7. The molecule has 2 atom stereocenters. The van der Waals surface area contributed by atoms with E-state index in [9.17, 15) is 14.4 Å². The van der Waals surface area contributed by atoms with Gasteiger partial charge in [0.2, 0.25) is 5.91 Å². The molecule has 0 radical (unpaired) electrons. The van der Waals surface area contributed by atoms with E-state index in [-0.39, 0.29) is 17.6 Å². The van der Waals surface area contributed by atoms with Gasteiger partial charge in [-0.15, -0.1) is 0 Å². The molecule has 0 bridgehead atoms. The van der Waals surface area contributed by atoms with Crippen molar-refractivity contribution < 1.29 is 19.1 Å². The maximum absolute atomic E-state index is 14.2. The Labute approximate surface area is 262 Å². The molecule has 0 heterocycles. The van der Waals surface area contributed by atoms with Crippen LogP contribution in [0.1, 0.15) is 82.5 Å². The zero-order chi connectivity index (χ0) is 31.6. The lowest BCUT2D eigenvalue weighted by Crippen LogP contribution is -2.53. The highest BCUT2D eigenvalue weighted by Gasteiger charge is 2.36. The summed E-state index contributed by atoms with van der Waals surface area (Å²) in [6.07, 6.45) is 4.20. The zero-order valence-corrected chi connectivity index (χ0v) is 27.3. The zero-order valence-electron chi connectivity index (χ0n) is 26.4. The van der Waals surface area contributed by atoms with Crippen LogP contribution in [0.5, 0.6) is 0 Å². The smallest absolute Gasteiger partial charge is 0.408 e. The van der Waals surface area contributed by atoms with E-state index in [4.69, 9.17) is 4.74 Å². The van der Waals surface area contributed by atoms with Crippen molar-refractivity contribution in [3.8, 4) is 0 Å². The second-order valence-corrected chi connectivity index (χ2v) is 12.5. The number of benzene rings is 3. The molecule has 2 unspecified atom stereocenters. The van der Waals surface area contributed by atoms with E-state index in [0.29, 0.717) is 17.8 Å². The van der Waals surface area contributed by atoms with E-state index in [1.165, 1.54) is 0 Å². The largest absolute Gasteiger partial charge is 0.444 e. The number of nitrogens with one attached hydrogen (secondary N) is 2. The van der Waals surface area contributed by atoms with Gasteiger partial charge in [-0.25, -0.2) is 4.79 Å². The third-order valence-corrected chi connectivity index (χ3v) is 7.75. The van der Waals surface area contributed by atoms with Crippen molar-refractivity contribution in [2.45, 2.75) is 91.3 Å². The predicted molar refractivity (Wildman–Crippen MR) is 179 cm³/mol. The fourth-order valence-corrected chi connectivity index (χ4v) is 5.22. The van der Waals surface area contributed by atoms with Crippen LogP contribution in [-0.2, 0) is 14.3 Å². The first kappa shape index (κ1) is 34.0. The van der Waals surface area contributed by atoms with E-state index < -0.39 is 23.8 Å². The van der Waals surface area contributed by atoms with Crippen LogP contribution in [0.4, 0.5) is 10.5 Å². The molecule has 0 aliphatic rings. The normalized spacial score (nSPS) is 12.8. The molecule has 0 spiro atoms. The molecule has 0 aromatic heterocycles. The molecule has 2 N–H and O–H groups in total. The van der Waals surface area contributed by atoms with Crippen molar-refractivity contribution in [2.75, 3.05) is 17.6 Å². The van der Waals surface area contributed by atoms with Crippen LogP contribution in [0.2, 0.25) is 0 Å². The standard InChI is InChI=1S/C35H47N3O4S/c1-7-8-9-10-13-20-38(33(40)30(23-43)37-34(41)42-35(4,5)6)31(28-17-16-24(2)25(3)21-28)32(39)36-29-19-18-26-14-11-12-15-27(26)22-29/h11-12,14-19,21-22,30-31,43H,7-10,13,20,23H2,1-6H3,(H,36,39)(H,37,41). The van der Waals surface area contributed by atoms with E-state index in [0.717, 1.165) is 54.0 Å². The Bertz CT molecular complexity index is 1400. The SMILES string of the molecule is CCCCCCCN(C(=O)C(CS)NC(=O)OC(C)(C)C)C(C(=O)Nc1ccc2ccccc2c1)c1ccc(C)c(C)c1. The molecule has 0 aliphatic carbocycles. The topological polar surface area (TPSA) is 87.7 Å². The summed E-state index contributed by atoms with van der Waals surface area (Å²) in [5.41, 5.74) is 2.74. The monoisotopic (exact) mass is 605 g/mol. The van der Waals surface area contributed by atoms with Gasteiger partial charge in [-0.05, 0) is 80.6 Å². The summed E-state index contributed by atoms with van der Waals surface area (Å²) in [4.78, 5) is 42.7. The number of unbranched alkanes of at least 4 members (excludes halogenated alkanes) is 4. The quantitative estimate of drug-likeness (QED) is 0.137. The van der Waals surface area contributed by atoms with Crippen LogP contribution < -0.4 is 10.6 Å². The van der Waals surface area contributed by atoms with Gasteiger partial charge < -0.3 is 20.3 Å². The number of aryl methyl sites for hydroxylation is 2. The number of amides is 3. The van der Waals surface area contributed by atoms with E-state index in [1.54, 1.807) is 25.7 Å². The Balaban J connectivity index is 2.01. The Morgan fingerprint density at radius 1 is 0.884 bits per heavy atom. The average Bonchev–Trinajstić information content (AvgIpc) is 2.95. The number of ether oxygens (including phenoxy) is 1. The summed E-state index contributed by atoms with van der Waals surface area (Å²) in [5, 5.41) is 7.84. The fourth-order valence-electron chi connectivity index (χ4n) is 4.97. The van der Waals surface area contributed by atoms with Crippen LogP contribution in [0.3, 0.4) is 0 Å². The first-order valence-electron chi connectivity index (χ1n) is 15.2. The van der Waals surface area contributed by atoms with Gasteiger partial charge in [0.05, 0.1) is 0 Å². The number of rotatable bonds is 13. The average molecular weight is 606 g/mol. The van der Waals surface area contributed by atoms with E-state index in [2.05, 4.69) is 30.2 Å². The van der Waals surface area contributed by atoms with Gasteiger partial charge in [-0.2, -0.15) is 12.6 Å². The molecule has 232 valence electrons. The van der Waals surface area contributed by atoms with Crippen molar-refractivity contribution in [1.29, 1.82) is 0 Å². The summed E-state index contributed by atoms with van der Waals surface area (Å²) in [5.74, 6) is -0.653. The molecule has 3 amide bonds. The highest BCUT2D eigenvalue weighted by atomic mass is 32.1. The van der Waals surface area contributed by atoms with Crippen molar-refractivity contribution in [1.82, 2.24) is 10.2 Å². The molecule has 0 saturated heterocycles. The number of fused-ring (bicyclic) bond motifs is 1. The molecule has 0 fully saturated rings. The van der Waals surface area contributed by atoms with E-state index in [1.807, 2.05) is 74.5 Å². The van der Waals surface area contributed by atoms with Crippen LogP contribution >= 0.6 is 12.6 Å². The van der Waals surface area contributed by atoms with Crippen LogP contribution in [0.25, 0.3) is 10.8 Å². The maximum Gasteiger partial charge on any atom is 0.408 e. The van der Waals surface area contributed by atoms with Gasteiger partial charge in [0.1, 0.15) is 17.7 Å². The van der Waals surface area contributed by atoms with Crippen molar-refractivity contribution in [3.05, 3.63) is 77.4 Å². The summed E-state index contributed by atoms with van der Waals surface area (Å²) >= 11 is 4.41. The Morgan fingerprint density at radius 2 is 1.58 bits per heavy atom. The first-order chi connectivity index (χ1) is 20.4.